The van der Waals surface area contributed by atoms with Crippen LogP contribution in [0.15, 0.2) is 18.2 Å². The van der Waals surface area contributed by atoms with Crippen LogP contribution in [0.1, 0.15) is 60.4 Å². The van der Waals surface area contributed by atoms with Crippen molar-refractivity contribution in [3.05, 3.63) is 46.5 Å². The van der Waals surface area contributed by atoms with Crippen molar-refractivity contribution in [3.8, 4) is 5.75 Å². The zero-order valence-corrected chi connectivity index (χ0v) is 21.3. The van der Waals surface area contributed by atoms with Gasteiger partial charge in [0.25, 0.3) is 5.91 Å². The zero-order chi connectivity index (χ0) is 25.4. The minimum atomic E-state index is -0.314. The molecule has 2 amide bonds. The summed E-state index contributed by atoms with van der Waals surface area (Å²) >= 11 is 0. The van der Waals surface area contributed by atoms with Gasteiger partial charge in [0.05, 0.1) is 12.2 Å². The molecule has 1 aromatic carbocycles. The minimum Gasteiger partial charge on any atom is -0.490 e. The molecule has 2 aromatic rings. The standard InChI is InChI=1S/C27H35FN4O4/c1-17-7-8-20(28)13-24(17)36-21-9-11-30(12-10-21)25(33)16-32-23-6-4-5-22(23)26(29-32)27(34)31-14-18(2)35-19(3)15-31/h7-8,13,18-19,21H,4-6,9-12,14-16H2,1-3H3/t18-,19+. The number of morpholine rings is 1. The number of aryl methyl sites for hydroxylation is 1. The van der Waals surface area contributed by atoms with Crippen molar-refractivity contribution in [3.63, 3.8) is 0 Å². The third-order valence-corrected chi connectivity index (χ3v) is 7.44. The van der Waals surface area contributed by atoms with E-state index in [4.69, 9.17) is 9.47 Å². The van der Waals surface area contributed by atoms with Gasteiger partial charge in [0.1, 0.15) is 24.2 Å². The Bertz CT molecular complexity index is 1130. The third-order valence-electron chi connectivity index (χ3n) is 7.44. The topological polar surface area (TPSA) is 76.9 Å². The summed E-state index contributed by atoms with van der Waals surface area (Å²) in [7, 11) is 0. The van der Waals surface area contributed by atoms with E-state index in [9.17, 15) is 14.0 Å². The quantitative estimate of drug-likeness (QED) is 0.633. The van der Waals surface area contributed by atoms with Gasteiger partial charge >= 0.3 is 0 Å². The molecule has 0 spiro atoms. The number of nitrogens with zero attached hydrogens (tertiary/aromatic N) is 4. The summed E-state index contributed by atoms with van der Waals surface area (Å²) in [5.41, 5.74) is 3.40. The molecule has 0 bridgehead atoms. The van der Waals surface area contributed by atoms with Gasteiger partial charge < -0.3 is 19.3 Å². The number of piperidine rings is 1. The lowest BCUT2D eigenvalue weighted by molar-refractivity contribution is -0.133. The summed E-state index contributed by atoms with van der Waals surface area (Å²) < 4.78 is 27.2. The first-order valence-electron chi connectivity index (χ1n) is 13.0. The van der Waals surface area contributed by atoms with Gasteiger partial charge in [-0.1, -0.05) is 6.07 Å². The lowest BCUT2D eigenvalue weighted by Gasteiger charge is -2.35. The average Bonchev–Trinajstić information content (AvgIpc) is 3.45. The van der Waals surface area contributed by atoms with E-state index in [-0.39, 0.29) is 42.5 Å². The lowest BCUT2D eigenvalue weighted by atomic mass is 10.1. The highest BCUT2D eigenvalue weighted by atomic mass is 19.1. The highest BCUT2D eigenvalue weighted by molar-refractivity contribution is 5.94. The Labute approximate surface area is 211 Å². The first-order valence-corrected chi connectivity index (χ1v) is 13.0. The van der Waals surface area contributed by atoms with E-state index >= 15 is 0 Å². The molecule has 2 atom stereocenters. The number of carbonyl (C=O) groups is 2. The maximum atomic E-state index is 13.6. The largest absolute Gasteiger partial charge is 0.490 e. The van der Waals surface area contributed by atoms with Crippen molar-refractivity contribution in [2.75, 3.05) is 26.2 Å². The molecule has 5 rings (SSSR count). The van der Waals surface area contributed by atoms with Crippen molar-refractivity contribution >= 4 is 11.8 Å². The summed E-state index contributed by atoms with van der Waals surface area (Å²) in [5, 5.41) is 4.66. The van der Waals surface area contributed by atoms with Crippen molar-refractivity contribution < 1.29 is 23.5 Å². The molecule has 1 aromatic heterocycles. The van der Waals surface area contributed by atoms with Crippen LogP contribution >= 0.6 is 0 Å². The van der Waals surface area contributed by atoms with E-state index in [1.165, 1.54) is 12.1 Å². The molecule has 1 aliphatic carbocycles. The highest BCUT2D eigenvalue weighted by Gasteiger charge is 2.33. The number of likely N-dealkylation sites (tertiary alicyclic amines) is 1. The molecular formula is C27H35FN4O4. The van der Waals surface area contributed by atoms with Gasteiger partial charge in [-0.25, -0.2) is 4.39 Å². The summed E-state index contributed by atoms with van der Waals surface area (Å²) in [6.07, 6.45) is 3.94. The van der Waals surface area contributed by atoms with E-state index in [0.717, 1.165) is 36.1 Å². The van der Waals surface area contributed by atoms with Crippen LogP contribution in [0.3, 0.4) is 0 Å². The molecule has 0 N–H and O–H groups in total. The fourth-order valence-electron chi connectivity index (χ4n) is 5.64. The minimum absolute atomic E-state index is 0.000187. The molecule has 0 radical (unpaired) electrons. The molecular weight excluding hydrogens is 463 g/mol. The number of rotatable bonds is 5. The van der Waals surface area contributed by atoms with Gasteiger partial charge in [-0.15, -0.1) is 0 Å². The number of ether oxygens (including phenoxy) is 2. The summed E-state index contributed by atoms with van der Waals surface area (Å²) in [4.78, 5) is 30.2. The molecule has 2 saturated heterocycles. The molecule has 3 aliphatic rings. The van der Waals surface area contributed by atoms with E-state index in [2.05, 4.69) is 5.10 Å². The van der Waals surface area contributed by atoms with Crippen LogP contribution in [0.2, 0.25) is 0 Å². The van der Waals surface area contributed by atoms with Crippen LogP contribution < -0.4 is 4.74 Å². The Balaban J connectivity index is 1.22. The second-order valence-electron chi connectivity index (χ2n) is 10.4. The zero-order valence-electron chi connectivity index (χ0n) is 21.3. The second kappa shape index (κ2) is 10.2. The predicted octanol–water partition coefficient (Wildman–Crippen LogP) is 3.14. The summed E-state index contributed by atoms with van der Waals surface area (Å²) in [6, 6.07) is 4.56. The molecule has 194 valence electrons. The van der Waals surface area contributed by atoms with Crippen LogP contribution in [0.5, 0.6) is 5.75 Å². The molecule has 0 saturated carbocycles. The van der Waals surface area contributed by atoms with E-state index < -0.39 is 0 Å². The van der Waals surface area contributed by atoms with Gasteiger partial charge in [0.2, 0.25) is 5.91 Å². The number of carbonyl (C=O) groups excluding carboxylic acids is 2. The number of aromatic nitrogens is 2. The Morgan fingerprint density at radius 1 is 1.11 bits per heavy atom. The van der Waals surface area contributed by atoms with Crippen LogP contribution in [0, 0.1) is 12.7 Å². The molecule has 36 heavy (non-hydrogen) atoms. The van der Waals surface area contributed by atoms with Crippen LogP contribution in [0.4, 0.5) is 4.39 Å². The molecule has 3 heterocycles. The fourth-order valence-corrected chi connectivity index (χ4v) is 5.64. The van der Waals surface area contributed by atoms with Crippen molar-refractivity contribution in [1.29, 1.82) is 0 Å². The van der Waals surface area contributed by atoms with Gasteiger partial charge in [-0.3, -0.25) is 14.3 Å². The Kier molecular flexibility index (Phi) is 7.01. The van der Waals surface area contributed by atoms with Crippen LogP contribution in [0.25, 0.3) is 0 Å². The fraction of sp³-hybridized carbons (Fsp3) is 0.593. The third kappa shape index (κ3) is 5.12. The SMILES string of the molecule is Cc1ccc(F)cc1OC1CCN(C(=O)Cn2nc(C(=O)N3C[C@@H](C)O[C@@H](C)C3)c3c2CCC3)CC1. The van der Waals surface area contributed by atoms with Crippen LogP contribution in [-0.2, 0) is 28.9 Å². The van der Waals surface area contributed by atoms with E-state index in [1.807, 2.05) is 30.6 Å². The molecule has 2 fully saturated rings. The van der Waals surface area contributed by atoms with Gasteiger partial charge in [0, 0.05) is 56.3 Å². The predicted molar refractivity (Wildman–Crippen MR) is 132 cm³/mol. The molecule has 9 heteroatoms. The maximum Gasteiger partial charge on any atom is 0.274 e. The second-order valence-corrected chi connectivity index (χ2v) is 10.4. The van der Waals surface area contributed by atoms with Crippen molar-refractivity contribution in [1.82, 2.24) is 19.6 Å². The smallest absolute Gasteiger partial charge is 0.274 e. The van der Waals surface area contributed by atoms with E-state index in [0.29, 0.717) is 50.5 Å². The van der Waals surface area contributed by atoms with Crippen molar-refractivity contribution in [2.45, 2.75) is 77.7 Å². The summed E-state index contributed by atoms with van der Waals surface area (Å²) in [5.74, 6) is 0.186. The Hall–Kier alpha value is -2.94. The normalized spacial score (nSPS) is 22.6. The number of hydrogen-bond donors (Lipinski definition) is 0. The number of halogens is 1. The van der Waals surface area contributed by atoms with Gasteiger partial charge in [-0.2, -0.15) is 5.10 Å². The first-order chi connectivity index (χ1) is 17.3. The number of benzene rings is 1. The molecule has 2 aliphatic heterocycles. The van der Waals surface area contributed by atoms with Gasteiger partial charge in [0.15, 0.2) is 5.69 Å². The summed E-state index contributed by atoms with van der Waals surface area (Å²) in [6.45, 7) is 8.25. The monoisotopic (exact) mass is 498 g/mol. The molecule has 0 unspecified atom stereocenters. The Morgan fingerprint density at radius 2 is 1.83 bits per heavy atom. The number of amides is 2. The number of fused-ring (bicyclic) bond motifs is 1. The van der Waals surface area contributed by atoms with Gasteiger partial charge in [-0.05, 0) is 51.7 Å². The Morgan fingerprint density at radius 3 is 2.56 bits per heavy atom. The van der Waals surface area contributed by atoms with Crippen LogP contribution in [-0.4, -0.2) is 75.9 Å². The van der Waals surface area contributed by atoms with Crippen molar-refractivity contribution in [2.24, 2.45) is 0 Å². The average molecular weight is 499 g/mol. The van der Waals surface area contributed by atoms with E-state index in [1.54, 1.807) is 10.7 Å². The lowest BCUT2D eigenvalue weighted by Crippen LogP contribution is -2.48. The molecule has 8 nitrogen and oxygen atoms in total. The first kappa shape index (κ1) is 24.7. The number of hydrogen-bond acceptors (Lipinski definition) is 5. The highest BCUT2D eigenvalue weighted by Crippen LogP contribution is 2.28. The maximum absolute atomic E-state index is 13.6.